The second kappa shape index (κ2) is 7.77. The van der Waals surface area contributed by atoms with Crippen LogP contribution >= 0.6 is 11.3 Å². The average molecular weight is 407 g/mol. The van der Waals surface area contributed by atoms with Crippen molar-refractivity contribution in [3.63, 3.8) is 0 Å². The number of anilines is 1. The van der Waals surface area contributed by atoms with Gasteiger partial charge in [0.2, 0.25) is 5.88 Å². The van der Waals surface area contributed by atoms with E-state index in [1.807, 2.05) is 57.2 Å². The molecular formula is C22H22N4O2S. The number of nitrogens with zero attached hydrogens (tertiary/aromatic N) is 3. The van der Waals surface area contributed by atoms with Crippen LogP contribution in [0.1, 0.15) is 36.0 Å². The molecule has 1 atom stereocenters. The van der Waals surface area contributed by atoms with Crippen molar-refractivity contribution < 1.29 is 9.84 Å². The summed E-state index contributed by atoms with van der Waals surface area (Å²) in [5.41, 5.74) is 8.86. The summed E-state index contributed by atoms with van der Waals surface area (Å²) in [6.45, 7) is 5.87. The minimum absolute atomic E-state index is 0.0448. The lowest BCUT2D eigenvalue weighted by atomic mass is 10.1. The Bertz CT molecular complexity index is 1170. The molecule has 6 nitrogen and oxygen atoms in total. The van der Waals surface area contributed by atoms with E-state index >= 15 is 0 Å². The Kier molecular flexibility index (Phi) is 5.17. The number of aliphatic hydroxyl groups excluding tert-OH is 1. The van der Waals surface area contributed by atoms with E-state index in [-0.39, 0.29) is 6.10 Å². The lowest BCUT2D eigenvalue weighted by Gasteiger charge is -2.15. The molecular weight excluding hydrogens is 384 g/mol. The third kappa shape index (κ3) is 3.92. The number of hydrogen-bond donors (Lipinski definition) is 2. The van der Waals surface area contributed by atoms with Crippen LogP contribution in [0.5, 0.6) is 5.88 Å². The third-order valence-electron chi connectivity index (χ3n) is 4.43. The molecule has 0 aliphatic rings. The van der Waals surface area contributed by atoms with Crippen molar-refractivity contribution in [1.82, 2.24) is 15.0 Å². The van der Waals surface area contributed by atoms with E-state index in [9.17, 15) is 5.11 Å². The number of aryl methyl sites for hydroxylation is 1. The second-order valence-corrected chi connectivity index (χ2v) is 8.20. The zero-order valence-electron chi connectivity index (χ0n) is 16.5. The number of aromatic nitrogens is 3. The summed E-state index contributed by atoms with van der Waals surface area (Å²) < 4.78 is 5.75. The first-order chi connectivity index (χ1) is 13.9. The molecule has 0 fully saturated rings. The smallest absolute Gasteiger partial charge is 0.219 e. The number of nitrogens with two attached hydrogens (primary N) is 1. The molecule has 0 aliphatic heterocycles. The Balaban J connectivity index is 1.76. The van der Waals surface area contributed by atoms with Crippen LogP contribution in [-0.2, 0) is 0 Å². The van der Waals surface area contributed by atoms with Crippen molar-refractivity contribution in [2.75, 3.05) is 5.73 Å². The maximum atomic E-state index is 11.0. The third-order valence-corrected chi connectivity index (χ3v) is 5.51. The minimum atomic E-state index is -0.890. The summed E-state index contributed by atoms with van der Waals surface area (Å²) in [5.74, 6) is 1.39. The van der Waals surface area contributed by atoms with E-state index in [1.165, 1.54) is 11.3 Å². The molecule has 0 bridgehead atoms. The van der Waals surface area contributed by atoms with Gasteiger partial charge in [-0.2, -0.15) is 0 Å². The van der Waals surface area contributed by atoms with Gasteiger partial charge in [-0.3, -0.25) is 0 Å². The van der Waals surface area contributed by atoms with E-state index in [0.717, 1.165) is 21.3 Å². The Morgan fingerprint density at radius 1 is 1.10 bits per heavy atom. The molecule has 0 saturated carbocycles. The predicted octanol–water partition coefficient (Wildman–Crippen LogP) is 4.51. The topological polar surface area (TPSA) is 94.2 Å². The second-order valence-electron chi connectivity index (χ2n) is 7.14. The van der Waals surface area contributed by atoms with Crippen LogP contribution in [0.15, 0.2) is 48.7 Å². The highest BCUT2D eigenvalue weighted by atomic mass is 32.1. The average Bonchev–Trinajstić information content (AvgIpc) is 3.12. The number of hydrogen-bond acceptors (Lipinski definition) is 7. The lowest BCUT2D eigenvalue weighted by molar-refractivity contribution is 0.195. The highest BCUT2D eigenvalue weighted by Gasteiger charge is 2.21. The molecule has 0 amide bonds. The molecule has 0 aliphatic carbocycles. The van der Waals surface area contributed by atoms with E-state index < -0.39 is 6.10 Å². The van der Waals surface area contributed by atoms with E-state index in [1.54, 1.807) is 12.3 Å². The molecule has 4 rings (SSSR count). The number of benzene rings is 1. The highest BCUT2D eigenvalue weighted by molar-refractivity contribution is 7.18. The van der Waals surface area contributed by atoms with Gasteiger partial charge < -0.3 is 15.6 Å². The number of ether oxygens (including phenoxy) is 1. The highest BCUT2D eigenvalue weighted by Crippen LogP contribution is 2.37. The molecule has 0 radical (unpaired) electrons. The number of aliphatic hydroxyl groups is 1. The number of pyridine rings is 1. The van der Waals surface area contributed by atoms with Crippen LogP contribution in [0, 0.1) is 6.92 Å². The lowest BCUT2D eigenvalue weighted by Crippen LogP contribution is -2.10. The number of nitrogen functional groups attached to an aromatic ring is 1. The van der Waals surface area contributed by atoms with Crippen molar-refractivity contribution in [3.8, 4) is 17.3 Å². The molecule has 0 saturated heterocycles. The van der Waals surface area contributed by atoms with Gasteiger partial charge in [-0.15, -0.1) is 11.3 Å². The summed E-state index contributed by atoms with van der Waals surface area (Å²) in [6, 6.07) is 13.4. The fourth-order valence-corrected chi connectivity index (χ4v) is 4.14. The number of rotatable bonds is 5. The van der Waals surface area contributed by atoms with E-state index in [0.29, 0.717) is 28.0 Å². The maximum Gasteiger partial charge on any atom is 0.219 e. The fourth-order valence-electron chi connectivity index (χ4n) is 3.10. The predicted molar refractivity (Wildman–Crippen MR) is 116 cm³/mol. The van der Waals surface area contributed by atoms with Crippen molar-refractivity contribution >= 4 is 27.4 Å². The molecule has 1 unspecified atom stereocenters. The summed E-state index contributed by atoms with van der Waals surface area (Å²) in [6.07, 6.45) is 0.714. The van der Waals surface area contributed by atoms with Crippen LogP contribution in [0.2, 0.25) is 0 Å². The summed E-state index contributed by atoms with van der Waals surface area (Å²) >= 11 is 1.39. The van der Waals surface area contributed by atoms with Gasteiger partial charge in [0.05, 0.1) is 11.5 Å². The van der Waals surface area contributed by atoms with Gasteiger partial charge in [-0.25, -0.2) is 15.0 Å². The van der Waals surface area contributed by atoms with E-state index in [2.05, 4.69) is 15.0 Å². The van der Waals surface area contributed by atoms with Gasteiger partial charge in [0.25, 0.3) is 0 Å². The van der Waals surface area contributed by atoms with E-state index in [4.69, 9.17) is 10.5 Å². The maximum absolute atomic E-state index is 11.0. The van der Waals surface area contributed by atoms with Crippen LogP contribution in [0.25, 0.3) is 21.6 Å². The van der Waals surface area contributed by atoms with Crippen LogP contribution in [0.4, 0.5) is 5.82 Å². The zero-order valence-corrected chi connectivity index (χ0v) is 17.3. The fraction of sp³-hybridized carbons (Fsp3) is 0.227. The molecule has 1 aromatic carbocycles. The first-order valence-electron chi connectivity index (χ1n) is 9.36. The number of thiophene rings is 1. The molecule has 3 aromatic heterocycles. The zero-order chi connectivity index (χ0) is 20.5. The molecule has 3 N–H and O–H groups in total. The van der Waals surface area contributed by atoms with Gasteiger partial charge in [0, 0.05) is 22.2 Å². The first kappa shape index (κ1) is 19.3. The monoisotopic (exact) mass is 406 g/mol. The van der Waals surface area contributed by atoms with Crippen LogP contribution < -0.4 is 10.5 Å². The quantitative estimate of drug-likeness (QED) is 0.506. The van der Waals surface area contributed by atoms with Crippen molar-refractivity contribution in [3.05, 3.63) is 64.7 Å². The van der Waals surface area contributed by atoms with Gasteiger partial charge in [-0.1, -0.05) is 23.8 Å². The van der Waals surface area contributed by atoms with Crippen molar-refractivity contribution in [1.29, 1.82) is 0 Å². The number of fused-ring (bicyclic) bond motifs is 1. The van der Waals surface area contributed by atoms with Gasteiger partial charge in [-0.05, 0) is 45.0 Å². The van der Waals surface area contributed by atoms with Crippen molar-refractivity contribution in [2.24, 2.45) is 0 Å². The van der Waals surface area contributed by atoms with Gasteiger partial charge >= 0.3 is 0 Å². The van der Waals surface area contributed by atoms with Gasteiger partial charge in [0.1, 0.15) is 16.8 Å². The minimum Gasteiger partial charge on any atom is -0.475 e. The summed E-state index contributed by atoms with van der Waals surface area (Å²) in [7, 11) is 0. The first-order valence-corrected chi connectivity index (χ1v) is 10.2. The van der Waals surface area contributed by atoms with Crippen LogP contribution in [-0.4, -0.2) is 26.2 Å². The SMILES string of the molecule is Cc1cccc(-c2nc(N)c3cc(C(O)c4cccnc4OC(C)C)sc3n2)c1. The Labute approximate surface area is 173 Å². The molecule has 7 heteroatoms. The summed E-state index contributed by atoms with van der Waals surface area (Å²) in [5, 5.41) is 11.7. The standard InChI is InChI=1S/C22H22N4O2S/c1-12(2)28-21-15(8-5-9-24-21)18(27)17-11-16-19(23)25-20(26-22(16)29-17)14-7-4-6-13(3)10-14/h4-12,18,27H,1-3H3,(H2,23,25,26). The summed E-state index contributed by atoms with van der Waals surface area (Å²) in [4.78, 5) is 14.9. The van der Waals surface area contributed by atoms with Crippen molar-refractivity contribution in [2.45, 2.75) is 33.0 Å². The van der Waals surface area contributed by atoms with Crippen LogP contribution in [0.3, 0.4) is 0 Å². The molecule has 3 heterocycles. The molecule has 0 spiro atoms. The Hall–Kier alpha value is -3.03. The normalized spacial score (nSPS) is 12.4. The Morgan fingerprint density at radius 2 is 1.93 bits per heavy atom. The molecule has 4 aromatic rings. The molecule has 29 heavy (non-hydrogen) atoms. The molecule has 148 valence electrons. The largest absolute Gasteiger partial charge is 0.475 e. The Morgan fingerprint density at radius 3 is 2.69 bits per heavy atom. The van der Waals surface area contributed by atoms with Gasteiger partial charge in [0.15, 0.2) is 5.82 Å².